The normalized spacial score (nSPS) is 12.2. The Balaban J connectivity index is 2.48. The highest BCUT2D eigenvalue weighted by molar-refractivity contribution is 6.30. The number of nitrogens with zero attached hydrogens (tertiary/aromatic N) is 4. The summed E-state index contributed by atoms with van der Waals surface area (Å²) in [5.74, 6) is 0. The van der Waals surface area contributed by atoms with Crippen LogP contribution < -0.4 is 0 Å². The van der Waals surface area contributed by atoms with Crippen LogP contribution in [0.3, 0.4) is 0 Å². The molecule has 0 saturated carbocycles. The van der Waals surface area contributed by atoms with Crippen LogP contribution in [-0.4, -0.2) is 25.0 Å². The van der Waals surface area contributed by atoms with Crippen LogP contribution >= 0.6 is 11.6 Å². The molecular formula is C12H17ClN4. The highest BCUT2D eigenvalue weighted by Gasteiger charge is 2.10. The molecule has 1 aromatic rings. The van der Waals surface area contributed by atoms with Crippen molar-refractivity contribution < 1.29 is 0 Å². The zero-order chi connectivity index (χ0) is 12.7. The predicted molar refractivity (Wildman–Crippen MR) is 71.1 cm³/mol. The molecule has 17 heavy (non-hydrogen) atoms. The van der Waals surface area contributed by atoms with Gasteiger partial charge in [0.15, 0.2) is 0 Å². The van der Waals surface area contributed by atoms with Crippen molar-refractivity contribution in [1.82, 2.24) is 4.90 Å². The van der Waals surface area contributed by atoms with E-state index in [9.17, 15) is 0 Å². The lowest BCUT2D eigenvalue weighted by Gasteiger charge is -2.24. The molecule has 1 aromatic carbocycles. The second-order valence-corrected chi connectivity index (χ2v) is 4.45. The highest BCUT2D eigenvalue weighted by Crippen LogP contribution is 2.20. The minimum Gasteiger partial charge on any atom is -0.300 e. The van der Waals surface area contributed by atoms with Crippen molar-refractivity contribution in [2.45, 2.75) is 19.4 Å². The van der Waals surface area contributed by atoms with E-state index in [2.05, 4.69) is 28.9 Å². The van der Waals surface area contributed by atoms with E-state index in [1.807, 2.05) is 24.3 Å². The van der Waals surface area contributed by atoms with E-state index in [0.29, 0.717) is 12.6 Å². The maximum atomic E-state index is 8.18. The molecule has 0 N–H and O–H groups in total. The quantitative estimate of drug-likeness (QED) is 0.326. The number of benzene rings is 1. The lowest BCUT2D eigenvalue weighted by Crippen LogP contribution is -2.23. The average molecular weight is 253 g/mol. The Morgan fingerprint density at radius 2 is 2.06 bits per heavy atom. The van der Waals surface area contributed by atoms with E-state index < -0.39 is 0 Å². The lowest BCUT2D eigenvalue weighted by molar-refractivity contribution is 0.260. The van der Waals surface area contributed by atoms with Gasteiger partial charge in [-0.05, 0) is 50.2 Å². The first kappa shape index (κ1) is 13.8. The fourth-order valence-corrected chi connectivity index (χ4v) is 1.75. The minimum atomic E-state index is 0.332. The first-order chi connectivity index (χ1) is 8.15. The fraction of sp³-hybridized carbons (Fsp3) is 0.500. The number of hydrogen-bond donors (Lipinski definition) is 0. The largest absolute Gasteiger partial charge is 0.300 e. The molecular weight excluding hydrogens is 236 g/mol. The topological polar surface area (TPSA) is 52.0 Å². The first-order valence-electron chi connectivity index (χ1n) is 5.61. The van der Waals surface area contributed by atoms with Crippen molar-refractivity contribution in [1.29, 1.82) is 0 Å². The second kappa shape index (κ2) is 7.17. The molecule has 0 radical (unpaired) electrons. The van der Waals surface area contributed by atoms with Crippen LogP contribution in [0, 0.1) is 0 Å². The van der Waals surface area contributed by atoms with E-state index in [1.165, 1.54) is 5.56 Å². The van der Waals surface area contributed by atoms with E-state index in [-0.39, 0.29) is 0 Å². The van der Waals surface area contributed by atoms with Crippen LogP contribution in [0.5, 0.6) is 0 Å². The molecule has 0 spiro atoms. The Kier molecular flexibility index (Phi) is 5.84. The first-order valence-corrected chi connectivity index (χ1v) is 5.99. The van der Waals surface area contributed by atoms with Crippen LogP contribution in [0.1, 0.15) is 24.9 Å². The van der Waals surface area contributed by atoms with Crippen LogP contribution in [0.15, 0.2) is 29.4 Å². The summed E-state index contributed by atoms with van der Waals surface area (Å²) in [6.07, 6.45) is 0.874. The average Bonchev–Trinajstić information content (AvgIpc) is 2.34. The summed E-state index contributed by atoms with van der Waals surface area (Å²) in [5.41, 5.74) is 9.41. The molecule has 1 rings (SSSR count). The predicted octanol–water partition coefficient (Wildman–Crippen LogP) is 4.03. The van der Waals surface area contributed by atoms with Crippen molar-refractivity contribution >= 4 is 11.6 Å². The molecule has 1 unspecified atom stereocenters. The molecule has 0 bridgehead atoms. The van der Waals surface area contributed by atoms with Gasteiger partial charge in [-0.15, -0.1) is 0 Å². The molecule has 0 aliphatic rings. The van der Waals surface area contributed by atoms with Crippen LogP contribution in [0.25, 0.3) is 10.4 Å². The molecule has 0 heterocycles. The summed E-state index contributed by atoms with van der Waals surface area (Å²) in [7, 11) is 2.06. The van der Waals surface area contributed by atoms with Crippen molar-refractivity contribution in [2.75, 3.05) is 20.1 Å². The third-order valence-corrected chi connectivity index (χ3v) is 3.10. The summed E-state index contributed by atoms with van der Waals surface area (Å²) >= 11 is 5.85. The lowest BCUT2D eigenvalue weighted by atomic mass is 10.1. The van der Waals surface area contributed by atoms with Gasteiger partial charge in [-0.25, -0.2) is 0 Å². The molecule has 5 heteroatoms. The summed E-state index contributed by atoms with van der Waals surface area (Å²) in [5, 5.41) is 4.28. The van der Waals surface area contributed by atoms with Gasteiger partial charge in [0.05, 0.1) is 0 Å². The van der Waals surface area contributed by atoms with E-state index in [0.717, 1.165) is 18.0 Å². The summed E-state index contributed by atoms with van der Waals surface area (Å²) in [6.45, 7) is 3.60. The van der Waals surface area contributed by atoms with E-state index in [4.69, 9.17) is 17.1 Å². The number of hydrogen-bond acceptors (Lipinski definition) is 2. The Bertz CT molecular complexity index is 384. The molecule has 92 valence electrons. The van der Waals surface area contributed by atoms with Gasteiger partial charge in [-0.3, -0.25) is 4.90 Å². The highest BCUT2D eigenvalue weighted by atomic mass is 35.5. The summed E-state index contributed by atoms with van der Waals surface area (Å²) < 4.78 is 0. The van der Waals surface area contributed by atoms with Crippen molar-refractivity contribution in [3.63, 3.8) is 0 Å². The van der Waals surface area contributed by atoms with Crippen molar-refractivity contribution in [3.8, 4) is 0 Å². The Labute approximate surface area is 107 Å². The van der Waals surface area contributed by atoms with E-state index in [1.54, 1.807) is 0 Å². The van der Waals surface area contributed by atoms with Gasteiger partial charge in [0.1, 0.15) is 0 Å². The molecule has 0 saturated heterocycles. The molecule has 0 aromatic heterocycles. The van der Waals surface area contributed by atoms with Crippen LogP contribution in [-0.2, 0) is 0 Å². The molecule has 0 aliphatic carbocycles. The zero-order valence-corrected chi connectivity index (χ0v) is 10.9. The molecule has 0 aliphatic heterocycles. The summed E-state index contributed by atoms with van der Waals surface area (Å²) in [4.78, 5) is 4.97. The SMILES string of the molecule is CC(c1ccc(Cl)cc1)N(C)CCCN=[N+]=[N-]. The molecule has 4 nitrogen and oxygen atoms in total. The second-order valence-electron chi connectivity index (χ2n) is 4.02. The van der Waals surface area contributed by atoms with Gasteiger partial charge in [-0.2, -0.15) is 0 Å². The minimum absolute atomic E-state index is 0.332. The fourth-order valence-electron chi connectivity index (χ4n) is 1.62. The maximum Gasteiger partial charge on any atom is 0.0406 e. The van der Waals surface area contributed by atoms with Gasteiger partial charge in [0, 0.05) is 22.5 Å². The summed E-state index contributed by atoms with van der Waals surface area (Å²) in [6, 6.07) is 8.22. The standard InChI is InChI=1S/C12H17ClN4/c1-10(11-4-6-12(13)7-5-11)17(2)9-3-8-15-16-14/h4-7,10H,3,8-9H2,1-2H3. The number of rotatable bonds is 6. The van der Waals surface area contributed by atoms with Crippen LogP contribution in [0.2, 0.25) is 5.02 Å². The van der Waals surface area contributed by atoms with Gasteiger partial charge in [-0.1, -0.05) is 28.8 Å². The monoisotopic (exact) mass is 252 g/mol. The molecule has 0 amide bonds. The van der Waals surface area contributed by atoms with Gasteiger partial charge in [0.2, 0.25) is 0 Å². The Hall–Kier alpha value is -1.22. The molecule has 0 fully saturated rings. The Morgan fingerprint density at radius 1 is 1.41 bits per heavy atom. The Morgan fingerprint density at radius 3 is 2.65 bits per heavy atom. The maximum absolute atomic E-state index is 8.18. The van der Waals surface area contributed by atoms with Gasteiger partial charge < -0.3 is 0 Å². The number of halogens is 1. The molecule has 1 atom stereocenters. The number of azide groups is 1. The smallest absolute Gasteiger partial charge is 0.0406 e. The van der Waals surface area contributed by atoms with E-state index >= 15 is 0 Å². The van der Waals surface area contributed by atoms with Crippen molar-refractivity contribution in [3.05, 3.63) is 45.3 Å². The van der Waals surface area contributed by atoms with Gasteiger partial charge >= 0.3 is 0 Å². The van der Waals surface area contributed by atoms with Gasteiger partial charge in [0.25, 0.3) is 0 Å². The third-order valence-electron chi connectivity index (χ3n) is 2.85. The van der Waals surface area contributed by atoms with Crippen molar-refractivity contribution in [2.24, 2.45) is 5.11 Å². The third kappa shape index (κ3) is 4.65. The van der Waals surface area contributed by atoms with Crippen LogP contribution in [0.4, 0.5) is 0 Å². The zero-order valence-electron chi connectivity index (χ0n) is 10.2.